The van der Waals surface area contributed by atoms with Crippen molar-refractivity contribution in [1.82, 2.24) is 9.80 Å². The molecule has 1 aliphatic rings. The first kappa shape index (κ1) is 10.3. The molecule has 1 heterocycles. The Kier molecular flexibility index (Phi) is 3.50. The summed E-state index contributed by atoms with van der Waals surface area (Å²) in [5.41, 5.74) is 5.51. The summed E-state index contributed by atoms with van der Waals surface area (Å²) in [5, 5.41) is 0. The number of rotatable bonds is 4. The third kappa shape index (κ3) is 2.57. The van der Waals surface area contributed by atoms with Crippen molar-refractivity contribution in [2.75, 3.05) is 40.3 Å². The fourth-order valence-corrected chi connectivity index (χ4v) is 1.27. The van der Waals surface area contributed by atoms with Gasteiger partial charge >= 0.3 is 6.09 Å². The van der Waals surface area contributed by atoms with Crippen LogP contribution in [0.15, 0.2) is 0 Å². The van der Waals surface area contributed by atoms with Crippen LogP contribution in [0.5, 0.6) is 0 Å². The Labute approximate surface area is 78.4 Å². The number of cyclic esters (lactones) is 1. The maximum atomic E-state index is 11.2. The van der Waals surface area contributed by atoms with Gasteiger partial charge in [-0.3, -0.25) is 4.90 Å². The minimum atomic E-state index is -0.239. The second kappa shape index (κ2) is 4.43. The molecule has 1 unspecified atom stereocenters. The fourth-order valence-electron chi connectivity index (χ4n) is 1.27. The Hall–Kier alpha value is -0.810. The Balaban J connectivity index is 2.40. The van der Waals surface area contributed by atoms with E-state index in [-0.39, 0.29) is 12.1 Å². The lowest BCUT2D eigenvalue weighted by Gasteiger charge is -2.21. The van der Waals surface area contributed by atoms with Crippen molar-refractivity contribution in [3.63, 3.8) is 0 Å². The number of nitrogens with two attached hydrogens (primary N) is 1. The van der Waals surface area contributed by atoms with Crippen molar-refractivity contribution in [2.24, 2.45) is 5.73 Å². The fraction of sp³-hybridized carbons (Fsp3) is 0.875. The van der Waals surface area contributed by atoms with Crippen molar-refractivity contribution in [2.45, 2.75) is 6.04 Å². The molecule has 0 radical (unpaired) electrons. The monoisotopic (exact) mass is 187 g/mol. The highest BCUT2D eigenvalue weighted by Gasteiger charge is 2.31. The Morgan fingerprint density at radius 3 is 2.92 bits per heavy atom. The van der Waals surface area contributed by atoms with Crippen LogP contribution in [0, 0.1) is 0 Å². The van der Waals surface area contributed by atoms with Crippen LogP contribution in [-0.4, -0.2) is 62.3 Å². The van der Waals surface area contributed by atoms with Crippen LogP contribution in [0.1, 0.15) is 0 Å². The van der Waals surface area contributed by atoms with E-state index in [0.717, 1.165) is 6.54 Å². The second-order valence-electron chi connectivity index (χ2n) is 3.46. The van der Waals surface area contributed by atoms with Gasteiger partial charge in [0, 0.05) is 19.6 Å². The van der Waals surface area contributed by atoms with Crippen molar-refractivity contribution in [3.05, 3.63) is 0 Å². The lowest BCUT2D eigenvalue weighted by atomic mass is 10.3. The van der Waals surface area contributed by atoms with Gasteiger partial charge in [0.25, 0.3) is 0 Å². The molecule has 13 heavy (non-hydrogen) atoms. The summed E-state index contributed by atoms with van der Waals surface area (Å²) < 4.78 is 4.89. The molecule has 5 nitrogen and oxygen atoms in total. The molecule has 1 amide bonds. The first-order valence-electron chi connectivity index (χ1n) is 4.43. The average molecular weight is 187 g/mol. The first-order valence-corrected chi connectivity index (χ1v) is 4.43. The van der Waals surface area contributed by atoms with Gasteiger partial charge < -0.3 is 15.4 Å². The van der Waals surface area contributed by atoms with E-state index in [0.29, 0.717) is 19.7 Å². The van der Waals surface area contributed by atoms with Crippen LogP contribution in [0.2, 0.25) is 0 Å². The predicted molar refractivity (Wildman–Crippen MR) is 49.5 cm³/mol. The minimum absolute atomic E-state index is 0.0625. The van der Waals surface area contributed by atoms with E-state index in [2.05, 4.69) is 0 Å². The number of carbonyl (C=O) groups excluding carboxylic acids is 1. The third-order valence-electron chi connectivity index (χ3n) is 2.13. The third-order valence-corrected chi connectivity index (χ3v) is 2.13. The molecule has 1 atom stereocenters. The largest absolute Gasteiger partial charge is 0.447 e. The van der Waals surface area contributed by atoms with Gasteiger partial charge in [0.1, 0.15) is 6.61 Å². The summed E-state index contributed by atoms with van der Waals surface area (Å²) >= 11 is 0. The molecule has 76 valence electrons. The van der Waals surface area contributed by atoms with E-state index in [1.54, 1.807) is 4.90 Å². The van der Waals surface area contributed by atoms with Gasteiger partial charge in [-0.1, -0.05) is 0 Å². The SMILES string of the molecule is CN(C)CCN1C(=O)OCC1CN. The molecule has 1 aliphatic heterocycles. The van der Waals surface area contributed by atoms with E-state index < -0.39 is 0 Å². The molecular weight excluding hydrogens is 170 g/mol. The van der Waals surface area contributed by atoms with E-state index in [9.17, 15) is 4.79 Å². The van der Waals surface area contributed by atoms with Gasteiger partial charge in [0.05, 0.1) is 6.04 Å². The zero-order valence-electron chi connectivity index (χ0n) is 8.19. The summed E-state index contributed by atoms with van der Waals surface area (Å²) in [7, 11) is 3.94. The van der Waals surface area contributed by atoms with Crippen molar-refractivity contribution in [1.29, 1.82) is 0 Å². The molecule has 0 aromatic rings. The maximum absolute atomic E-state index is 11.2. The van der Waals surface area contributed by atoms with Crippen molar-refractivity contribution < 1.29 is 9.53 Å². The van der Waals surface area contributed by atoms with Crippen LogP contribution >= 0.6 is 0 Å². The number of hydrogen-bond acceptors (Lipinski definition) is 4. The zero-order valence-corrected chi connectivity index (χ0v) is 8.19. The number of likely N-dealkylation sites (N-methyl/N-ethyl adjacent to an activating group) is 1. The normalized spacial score (nSPS) is 22.6. The molecule has 0 bridgehead atoms. The van der Waals surface area contributed by atoms with Gasteiger partial charge in [-0.15, -0.1) is 0 Å². The molecule has 0 aliphatic carbocycles. The standard InChI is InChI=1S/C8H17N3O2/c1-10(2)3-4-11-7(5-9)6-13-8(11)12/h7H,3-6,9H2,1-2H3. The maximum Gasteiger partial charge on any atom is 0.410 e. The van der Waals surface area contributed by atoms with Crippen LogP contribution in [0.4, 0.5) is 4.79 Å². The summed E-state index contributed by atoms with van der Waals surface area (Å²) in [4.78, 5) is 14.9. The highest BCUT2D eigenvalue weighted by molar-refractivity contribution is 5.70. The molecule has 0 saturated carbocycles. The molecule has 0 aromatic carbocycles. The molecule has 1 fully saturated rings. The van der Waals surface area contributed by atoms with Crippen molar-refractivity contribution in [3.8, 4) is 0 Å². The molecule has 1 rings (SSSR count). The van der Waals surface area contributed by atoms with E-state index in [1.807, 2.05) is 19.0 Å². The van der Waals surface area contributed by atoms with Crippen LogP contribution < -0.4 is 5.73 Å². The zero-order chi connectivity index (χ0) is 9.84. The number of nitrogens with zero attached hydrogens (tertiary/aromatic N) is 2. The van der Waals surface area contributed by atoms with Crippen LogP contribution in [-0.2, 0) is 4.74 Å². The first-order chi connectivity index (χ1) is 6.15. The lowest BCUT2D eigenvalue weighted by Crippen LogP contribution is -2.42. The van der Waals surface area contributed by atoms with Gasteiger partial charge in [-0.05, 0) is 14.1 Å². The predicted octanol–water partition coefficient (Wildman–Crippen LogP) is -0.672. The smallest absolute Gasteiger partial charge is 0.410 e. The highest BCUT2D eigenvalue weighted by Crippen LogP contribution is 2.10. The van der Waals surface area contributed by atoms with Gasteiger partial charge in [-0.25, -0.2) is 4.79 Å². The molecular formula is C8H17N3O2. The molecule has 2 N–H and O–H groups in total. The average Bonchev–Trinajstić information content (AvgIpc) is 2.43. The summed E-state index contributed by atoms with van der Waals surface area (Å²) in [6, 6.07) is 0.0625. The lowest BCUT2D eigenvalue weighted by molar-refractivity contribution is 0.155. The van der Waals surface area contributed by atoms with Gasteiger partial charge in [0.15, 0.2) is 0 Å². The topological polar surface area (TPSA) is 58.8 Å². The number of carbonyl (C=O) groups is 1. The van der Waals surface area contributed by atoms with E-state index in [4.69, 9.17) is 10.5 Å². The summed E-state index contributed by atoms with van der Waals surface area (Å²) in [5.74, 6) is 0. The number of amides is 1. The van der Waals surface area contributed by atoms with Crippen LogP contribution in [0.3, 0.4) is 0 Å². The van der Waals surface area contributed by atoms with E-state index in [1.165, 1.54) is 0 Å². The summed E-state index contributed by atoms with van der Waals surface area (Å²) in [6.07, 6.45) is -0.239. The number of hydrogen-bond donors (Lipinski definition) is 1. The molecule has 5 heteroatoms. The van der Waals surface area contributed by atoms with Gasteiger partial charge in [0.2, 0.25) is 0 Å². The minimum Gasteiger partial charge on any atom is -0.447 e. The second-order valence-corrected chi connectivity index (χ2v) is 3.46. The van der Waals surface area contributed by atoms with Crippen molar-refractivity contribution >= 4 is 6.09 Å². The number of ether oxygens (including phenoxy) is 1. The van der Waals surface area contributed by atoms with E-state index >= 15 is 0 Å². The highest BCUT2D eigenvalue weighted by atomic mass is 16.6. The quantitative estimate of drug-likeness (QED) is 0.634. The molecule has 1 saturated heterocycles. The van der Waals surface area contributed by atoms with Gasteiger partial charge in [-0.2, -0.15) is 0 Å². The summed E-state index contributed by atoms with van der Waals surface area (Å²) in [6.45, 7) is 2.43. The molecule has 0 spiro atoms. The van der Waals surface area contributed by atoms with Crippen LogP contribution in [0.25, 0.3) is 0 Å². The Morgan fingerprint density at radius 2 is 2.38 bits per heavy atom. The molecule has 0 aromatic heterocycles. The Bertz CT molecular complexity index is 184. The Morgan fingerprint density at radius 1 is 1.69 bits per heavy atom.